The molecule has 4 rings (SSSR count). The molecule has 1 aliphatic heterocycles. The number of aromatic nitrogens is 2. The molecule has 25 heavy (non-hydrogen) atoms. The minimum absolute atomic E-state index is 0.190. The molecule has 2 aromatic heterocycles. The Labute approximate surface area is 145 Å². The second-order valence-electron chi connectivity index (χ2n) is 5.84. The van der Waals surface area contributed by atoms with Gasteiger partial charge in [0, 0.05) is 24.7 Å². The molecule has 0 atom stereocenters. The summed E-state index contributed by atoms with van der Waals surface area (Å²) in [5, 5.41) is 3.84. The summed E-state index contributed by atoms with van der Waals surface area (Å²) in [6.45, 7) is 3.10. The maximum Gasteiger partial charge on any atom is 0.257 e. The normalized spacial score (nSPS) is 14.5. The van der Waals surface area contributed by atoms with Crippen molar-refractivity contribution in [3.63, 3.8) is 0 Å². The fourth-order valence-electron chi connectivity index (χ4n) is 2.93. The zero-order valence-corrected chi connectivity index (χ0v) is 13.7. The molecule has 126 valence electrons. The number of amides is 1. The Kier molecular flexibility index (Phi) is 4.26. The van der Waals surface area contributed by atoms with Crippen molar-refractivity contribution in [2.24, 2.45) is 0 Å². The predicted octanol–water partition coefficient (Wildman–Crippen LogP) is 2.72. The second kappa shape index (κ2) is 6.86. The van der Waals surface area contributed by atoms with Crippen molar-refractivity contribution in [3.05, 3.63) is 60.4 Å². The van der Waals surface area contributed by atoms with Gasteiger partial charge >= 0.3 is 0 Å². The average Bonchev–Trinajstić information content (AvgIpc) is 2.69. The summed E-state index contributed by atoms with van der Waals surface area (Å²) < 4.78 is 5.35. The van der Waals surface area contributed by atoms with Crippen LogP contribution < -0.4 is 10.2 Å². The number of fused-ring (bicyclic) bond motifs is 1. The molecule has 0 saturated carbocycles. The molecule has 0 aliphatic carbocycles. The van der Waals surface area contributed by atoms with Gasteiger partial charge in [0.05, 0.1) is 36.2 Å². The van der Waals surface area contributed by atoms with Gasteiger partial charge in [-0.25, -0.2) is 4.98 Å². The van der Waals surface area contributed by atoms with Crippen LogP contribution in [0.1, 0.15) is 10.4 Å². The molecule has 1 aliphatic rings. The van der Waals surface area contributed by atoms with Gasteiger partial charge in [-0.2, -0.15) is 0 Å². The third-order valence-corrected chi connectivity index (χ3v) is 4.22. The number of benzene rings is 1. The van der Waals surface area contributed by atoms with Crippen LogP contribution in [0.5, 0.6) is 0 Å². The van der Waals surface area contributed by atoms with Crippen LogP contribution in [-0.4, -0.2) is 42.2 Å². The highest BCUT2D eigenvalue weighted by Gasteiger charge is 2.14. The van der Waals surface area contributed by atoms with E-state index in [2.05, 4.69) is 20.2 Å². The van der Waals surface area contributed by atoms with Crippen LogP contribution in [0.15, 0.2) is 54.9 Å². The van der Waals surface area contributed by atoms with Crippen LogP contribution in [-0.2, 0) is 4.74 Å². The molecule has 0 bridgehead atoms. The van der Waals surface area contributed by atoms with Crippen molar-refractivity contribution < 1.29 is 9.53 Å². The highest BCUT2D eigenvalue weighted by Crippen LogP contribution is 2.19. The zero-order valence-electron chi connectivity index (χ0n) is 13.7. The van der Waals surface area contributed by atoms with Crippen LogP contribution in [0.3, 0.4) is 0 Å². The largest absolute Gasteiger partial charge is 0.378 e. The molecule has 1 amide bonds. The summed E-state index contributed by atoms with van der Waals surface area (Å²) in [6.07, 6.45) is 3.37. The number of morpholine rings is 1. The van der Waals surface area contributed by atoms with Gasteiger partial charge in [-0.1, -0.05) is 18.2 Å². The third-order valence-electron chi connectivity index (χ3n) is 4.22. The van der Waals surface area contributed by atoms with E-state index in [9.17, 15) is 4.79 Å². The molecule has 6 heteroatoms. The average molecular weight is 334 g/mol. The Balaban J connectivity index is 1.52. The van der Waals surface area contributed by atoms with E-state index in [-0.39, 0.29) is 5.91 Å². The summed E-state index contributed by atoms with van der Waals surface area (Å²) >= 11 is 0. The number of para-hydroxylation sites is 1. The van der Waals surface area contributed by atoms with Gasteiger partial charge in [-0.3, -0.25) is 9.78 Å². The summed E-state index contributed by atoms with van der Waals surface area (Å²) in [4.78, 5) is 23.6. The number of pyridine rings is 2. The van der Waals surface area contributed by atoms with Gasteiger partial charge in [0.1, 0.15) is 5.82 Å². The molecule has 0 radical (unpaired) electrons. The van der Waals surface area contributed by atoms with Crippen LogP contribution in [0.4, 0.5) is 11.5 Å². The Morgan fingerprint density at radius 1 is 1.04 bits per heavy atom. The maximum atomic E-state index is 12.6. The SMILES string of the molecule is O=C(Nc1ccc(N2CCOCC2)nc1)c1cccc2cccnc12. The molecular formula is C19H18N4O2. The monoisotopic (exact) mass is 334 g/mol. The molecule has 3 heterocycles. The van der Waals surface area contributed by atoms with Crippen LogP contribution >= 0.6 is 0 Å². The first-order valence-electron chi connectivity index (χ1n) is 8.25. The van der Waals surface area contributed by atoms with Gasteiger partial charge in [0.25, 0.3) is 5.91 Å². The van der Waals surface area contributed by atoms with Crippen molar-refractivity contribution in [1.82, 2.24) is 9.97 Å². The summed E-state index contributed by atoms with van der Waals surface area (Å²) in [5.41, 5.74) is 1.91. The van der Waals surface area contributed by atoms with E-state index in [4.69, 9.17) is 4.74 Å². The lowest BCUT2D eigenvalue weighted by molar-refractivity contribution is 0.102. The molecule has 1 saturated heterocycles. The molecule has 1 N–H and O–H groups in total. The Hall–Kier alpha value is -2.99. The summed E-state index contributed by atoms with van der Waals surface area (Å²) in [5.74, 6) is 0.707. The van der Waals surface area contributed by atoms with E-state index < -0.39 is 0 Å². The zero-order chi connectivity index (χ0) is 17.1. The Morgan fingerprint density at radius 2 is 1.88 bits per heavy atom. The standard InChI is InChI=1S/C19H18N4O2/c24-19(16-5-1-3-14-4-2-8-20-18(14)16)22-15-6-7-17(21-13-15)23-9-11-25-12-10-23/h1-8,13H,9-12H2,(H,22,24). The Bertz CT molecular complexity index is 884. The number of ether oxygens (including phenoxy) is 1. The van der Waals surface area contributed by atoms with Crippen molar-refractivity contribution >= 4 is 28.3 Å². The van der Waals surface area contributed by atoms with Gasteiger partial charge in [0.15, 0.2) is 0 Å². The summed E-state index contributed by atoms with van der Waals surface area (Å²) in [7, 11) is 0. The highest BCUT2D eigenvalue weighted by molar-refractivity contribution is 6.11. The van der Waals surface area contributed by atoms with Gasteiger partial charge in [-0.15, -0.1) is 0 Å². The summed E-state index contributed by atoms with van der Waals surface area (Å²) in [6, 6.07) is 13.2. The number of anilines is 2. The number of nitrogens with zero attached hydrogens (tertiary/aromatic N) is 3. The molecule has 0 spiro atoms. The smallest absolute Gasteiger partial charge is 0.257 e. The fraction of sp³-hybridized carbons (Fsp3) is 0.211. The van der Waals surface area contributed by atoms with Crippen LogP contribution in [0.25, 0.3) is 10.9 Å². The van der Waals surface area contributed by atoms with Crippen molar-refractivity contribution in [2.45, 2.75) is 0 Å². The van der Waals surface area contributed by atoms with Gasteiger partial charge in [0.2, 0.25) is 0 Å². The molecule has 6 nitrogen and oxygen atoms in total. The number of rotatable bonds is 3. The molecular weight excluding hydrogens is 316 g/mol. The topological polar surface area (TPSA) is 67.4 Å². The van der Waals surface area contributed by atoms with Crippen LogP contribution in [0.2, 0.25) is 0 Å². The lowest BCUT2D eigenvalue weighted by Crippen LogP contribution is -2.36. The second-order valence-corrected chi connectivity index (χ2v) is 5.84. The number of carbonyl (C=O) groups is 1. The van der Waals surface area contributed by atoms with E-state index in [1.165, 1.54) is 0 Å². The number of hydrogen-bond acceptors (Lipinski definition) is 5. The lowest BCUT2D eigenvalue weighted by atomic mass is 10.1. The minimum Gasteiger partial charge on any atom is -0.378 e. The molecule has 3 aromatic rings. The lowest BCUT2D eigenvalue weighted by Gasteiger charge is -2.27. The van der Waals surface area contributed by atoms with Crippen molar-refractivity contribution in [2.75, 3.05) is 36.5 Å². The van der Waals surface area contributed by atoms with Gasteiger partial charge < -0.3 is 15.0 Å². The first kappa shape index (κ1) is 15.5. The fourth-order valence-corrected chi connectivity index (χ4v) is 2.93. The highest BCUT2D eigenvalue weighted by atomic mass is 16.5. The van der Waals surface area contributed by atoms with E-state index in [0.717, 1.165) is 24.3 Å². The van der Waals surface area contributed by atoms with E-state index >= 15 is 0 Å². The number of hydrogen-bond donors (Lipinski definition) is 1. The number of nitrogens with one attached hydrogen (secondary N) is 1. The minimum atomic E-state index is -0.190. The van der Waals surface area contributed by atoms with E-state index in [1.807, 2.05) is 36.4 Å². The molecule has 1 aromatic carbocycles. The van der Waals surface area contributed by atoms with Crippen molar-refractivity contribution in [3.8, 4) is 0 Å². The van der Waals surface area contributed by atoms with E-state index in [0.29, 0.717) is 30.0 Å². The first-order valence-corrected chi connectivity index (χ1v) is 8.25. The van der Waals surface area contributed by atoms with Crippen LogP contribution in [0, 0.1) is 0 Å². The van der Waals surface area contributed by atoms with Gasteiger partial charge in [-0.05, 0) is 24.3 Å². The molecule has 1 fully saturated rings. The third kappa shape index (κ3) is 3.29. The Morgan fingerprint density at radius 3 is 2.68 bits per heavy atom. The maximum absolute atomic E-state index is 12.6. The quantitative estimate of drug-likeness (QED) is 0.798. The van der Waals surface area contributed by atoms with E-state index in [1.54, 1.807) is 18.5 Å². The number of carbonyl (C=O) groups excluding carboxylic acids is 1. The first-order chi connectivity index (χ1) is 12.3. The molecule has 0 unspecified atom stereocenters. The predicted molar refractivity (Wildman–Crippen MR) is 97.0 cm³/mol. The van der Waals surface area contributed by atoms with Crippen molar-refractivity contribution in [1.29, 1.82) is 0 Å².